The predicted molar refractivity (Wildman–Crippen MR) is 70.2 cm³/mol. The number of benzene rings is 1. The molecule has 18 heavy (non-hydrogen) atoms. The maximum Gasteiger partial charge on any atom is 0.269 e. The van der Waals surface area contributed by atoms with E-state index in [1.807, 2.05) is 12.2 Å². The molecule has 1 aromatic carbocycles. The topological polar surface area (TPSA) is 52.4 Å². The van der Waals surface area contributed by atoms with Crippen LogP contribution in [0.5, 0.6) is 0 Å². The molecular weight excluding hydrogens is 230 g/mol. The van der Waals surface area contributed by atoms with E-state index in [9.17, 15) is 10.1 Å². The second kappa shape index (κ2) is 5.60. The fourth-order valence-electron chi connectivity index (χ4n) is 1.82. The van der Waals surface area contributed by atoms with Crippen molar-refractivity contribution in [2.75, 3.05) is 6.61 Å². The lowest BCUT2D eigenvalue weighted by molar-refractivity contribution is -0.384. The minimum atomic E-state index is -0.397. The molecule has 0 aliphatic carbocycles. The van der Waals surface area contributed by atoms with Gasteiger partial charge in [0.25, 0.3) is 5.69 Å². The molecule has 2 rings (SSSR count). The third-order valence-corrected chi connectivity index (χ3v) is 2.87. The number of rotatable bonds is 3. The van der Waals surface area contributed by atoms with Gasteiger partial charge < -0.3 is 4.74 Å². The van der Waals surface area contributed by atoms with Crippen molar-refractivity contribution in [1.82, 2.24) is 0 Å². The highest BCUT2D eigenvalue weighted by molar-refractivity contribution is 5.52. The summed E-state index contributed by atoms with van der Waals surface area (Å²) in [5, 5.41) is 10.5. The van der Waals surface area contributed by atoms with E-state index >= 15 is 0 Å². The van der Waals surface area contributed by atoms with E-state index in [1.165, 1.54) is 17.7 Å². The summed E-state index contributed by atoms with van der Waals surface area (Å²) in [6.07, 6.45) is 7.02. The maximum atomic E-state index is 10.5. The highest BCUT2D eigenvalue weighted by Crippen LogP contribution is 2.17. The average molecular weight is 245 g/mol. The summed E-state index contributed by atoms with van der Waals surface area (Å²) >= 11 is 0. The summed E-state index contributed by atoms with van der Waals surface area (Å²) in [6.45, 7) is 2.75. The summed E-state index contributed by atoms with van der Waals surface area (Å²) in [5.74, 6) is 0. The zero-order chi connectivity index (χ0) is 13.0. The SMILES string of the molecule is CC1=CCOC(/C=C/c2ccc([N+](=O)[O-])cc2)C1. The molecule has 0 N–H and O–H groups in total. The van der Waals surface area contributed by atoms with E-state index in [1.54, 1.807) is 12.1 Å². The highest BCUT2D eigenvalue weighted by Gasteiger charge is 2.10. The Labute approximate surface area is 106 Å². The summed E-state index contributed by atoms with van der Waals surface area (Å²) in [5.41, 5.74) is 2.39. The van der Waals surface area contributed by atoms with E-state index in [0.29, 0.717) is 6.61 Å². The van der Waals surface area contributed by atoms with Crippen LogP contribution in [0.1, 0.15) is 18.9 Å². The Balaban J connectivity index is 2.00. The first kappa shape index (κ1) is 12.5. The molecule has 1 aromatic rings. The third kappa shape index (κ3) is 3.28. The van der Waals surface area contributed by atoms with Gasteiger partial charge in [-0.15, -0.1) is 0 Å². The second-order valence-electron chi connectivity index (χ2n) is 4.33. The zero-order valence-electron chi connectivity index (χ0n) is 10.2. The lowest BCUT2D eigenvalue weighted by Crippen LogP contribution is -2.14. The van der Waals surface area contributed by atoms with Crippen LogP contribution in [-0.4, -0.2) is 17.6 Å². The van der Waals surface area contributed by atoms with Crippen LogP contribution in [0.3, 0.4) is 0 Å². The van der Waals surface area contributed by atoms with Crippen LogP contribution in [0, 0.1) is 10.1 Å². The highest BCUT2D eigenvalue weighted by atomic mass is 16.6. The van der Waals surface area contributed by atoms with Gasteiger partial charge in [-0.1, -0.05) is 23.8 Å². The number of nitro groups is 1. The lowest BCUT2D eigenvalue weighted by Gasteiger charge is -2.18. The van der Waals surface area contributed by atoms with Crippen molar-refractivity contribution in [3.8, 4) is 0 Å². The molecule has 0 fully saturated rings. The molecular formula is C14H15NO3. The minimum Gasteiger partial charge on any atom is -0.370 e. The predicted octanol–water partition coefficient (Wildman–Crippen LogP) is 3.34. The van der Waals surface area contributed by atoms with Crippen LogP contribution in [0.4, 0.5) is 5.69 Å². The first-order chi connectivity index (χ1) is 8.65. The van der Waals surface area contributed by atoms with Gasteiger partial charge in [0, 0.05) is 12.1 Å². The molecule has 1 unspecified atom stereocenters. The Bertz CT molecular complexity index is 488. The van der Waals surface area contributed by atoms with Gasteiger partial charge in [0.15, 0.2) is 0 Å². The fraction of sp³-hybridized carbons (Fsp3) is 0.286. The van der Waals surface area contributed by atoms with Gasteiger partial charge in [-0.05, 0) is 31.0 Å². The van der Waals surface area contributed by atoms with Crippen LogP contribution in [0.2, 0.25) is 0 Å². The van der Waals surface area contributed by atoms with Crippen LogP contribution >= 0.6 is 0 Å². The Morgan fingerprint density at radius 1 is 1.39 bits per heavy atom. The van der Waals surface area contributed by atoms with Crippen LogP contribution in [0.15, 0.2) is 42.0 Å². The summed E-state index contributed by atoms with van der Waals surface area (Å²) < 4.78 is 5.56. The fourth-order valence-corrected chi connectivity index (χ4v) is 1.82. The first-order valence-corrected chi connectivity index (χ1v) is 5.85. The van der Waals surface area contributed by atoms with Crippen molar-refractivity contribution >= 4 is 11.8 Å². The zero-order valence-corrected chi connectivity index (χ0v) is 10.2. The lowest BCUT2D eigenvalue weighted by atomic mass is 10.1. The molecule has 0 spiro atoms. The van der Waals surface area contributed by atoms with E-state index < -0.39 is 4.92 Å². The third-order valence-electron chi connectivity index (χ3n) is 2.87. The molecule has 1 aliphatic rings. The Kier molecular flexibility index (Phi) is 3.89. The van der Waals surface area contributed by atoms with Crippen molar-refractivity contribution in [1.29, 1.82) is 0 Å². The van der Waals surface area contributed by atoms with Gasteiger partial charge >= 0.3 is 0 Å². The summed E-state index contributed by atoms with van der Waals surface area (Å²) in [4.78, 5) is 10.1. The average Bonchev–Trinajstić information content (AvgIpc) is 2.37. The molecule has 4 heteroatoms. The van der Waals surface area contributed by atoms with Gasteiger partial charge in [-0.3, -0.25) is 10.1 Å². The number of ether oxygens (including phenoxy) is 1. The molecule has 0 radical (unpaired) electrons. The molecule has 1 heterocycles. The monoisotopic (exact) mass is 245 g/mol. The number of nitro benzene ring substituents is 1. The molecule has 0 saturated carbocycles. The quantitative estimate of drug-likeness (QED) is 0.466. The van der Waals surface area contributed by atoms with E-state index in [-0.39, 0.29) is 11.8 Å². The molecule has 0 bridgehead atoms. The van der Waals surface area contributed by atoms with Crippen LogP contribution < -0.4 is 0 Å². The number of non-ortho nitro benzene ring substituents is 1. The summed E-state index contributed by atoms with van der Waals surface area (Å²) in [7, 11) is 0. The summed E-state index contributed by atoms with van der Waals surface area (Å²) in [6, 6.07) is 6.49. The molecule has 94 valence electrons. The Morgan fingerprint density at radius 3 is 2.72 bits per heavy atom. The van der Waals surface area contributed by atoms with Crippen molar-refractivity contribution in [3.63, 3.8) is 0 Å². The number of hydrogen-bond acceptors (Lipinski definition) is 3. The smallest absolute Gasteiger partial charge is 0.269 e. The van der Waals surface area contributed by atoms with Crippen molar-refractivity contribution in [2.24, 2.45) is 0 Å². The van der Waals surface area contributed by atoms with Crippen molar-refractivity contribution in [3.05, 3.63) is 57.7 Å². The number of nitrogens with zero attached hydrogens (tertiary/aromatic N) is 1. The first-order valence-electron chi connectivity index (χ1n) is 5.85. The van der Waals surface area contributed by atoms with Gasteiger partial charge in [0.2, 0.25) is 0 Å². The maximum absolute atomic E-state index is 10.5. The molecule has 4 nitrogen and oxygen atoms in total. The molecule has 1 atom stereocenters. The van der Waals surface area contributed by atoms with Gasteiger partial charge in [-0.25, -0.2) is 0 Å². The van der Waals surface area contributed by atoms with Gasteiger partial charge in [0.1, 0.15) is 0 Å². The van der Waals surface area contributed by atoms with Gasteiger partial charge in [0.05, 0.1) is 17.6 Å². The number of hydrogen-bond donors (Lipinski definition) is 0. The molecule has 1 aliphatic heterocycles. The minimum absolute atomic E-state index is 0.102. The van der Waals surface area contributed by atoms with E-state index in [0.717, 1.165) is 12.0 Å². The van der Waals surface area contributed by atoms with E-state index in [4.69, 9.17) is 4.74 Å². The second-order valence-corrected chi connectivity index (χ2v) is 4.33. The van der Waals surface area contributed by atoms with Crippen LogP contribution in [-0.2, 0) is 4.74 Å². The largest absolute Gasteiger partial charge is 0.370 e. The van der Waals surface area contributed by atoms with Crippen molar-refractivity contribution in [2.45, 2.75) is 19.4 Å². The Hall–Kier alpha value is -1.94. The molecule has 0 saturated heterocycles. The van der Waals surface area contributed by atoms with Crippen molar-refractivity contribution < 1.29 is 9.66 Å². The van der Waals surface area contributed by atoms with Gasteiger partial charge in [-0.2, -0.15) is 0 Å². The van der Waals surface area contributed by atoms with E-state index in [2.05, 4.69) is 13.0 Å². The normalized spacial score (nSPS) is 19.8. The molecule has 0 amide bonds. The Morgan fingerprint density at radius 2 is 2.11 bits per heavy atom. The molecule has 0 aromatic heterocycles. The standard InChI is InChI=1S/C14H15NO3/c1-11-8-9-18-14(10-11)7-4-12-2-5-13(6-3-12)15(16)17/h2-8,14H,9-10H2,1H3/b7-4+. The van der Waals surface area contributed by atoms with Crippen LogP contribution in [0.25, 0.3) is 6.08 Å².